The van der Waals surface area contributed by atoms with Gasteiger partial charge in [-0.3, -0.25) is 0 Å². The van der Waals surface area contributed by atoms with Crippen molar-refractivity contribution in [1.82, 2.24) is 0 Å². The maximum Gasteiger partial charge on any atom is 0.0162 e. The molecule has 12 aromatic carbocycles. The predicted molar refractivity (Wildman–Crippen MR) is 257 cm³/mol. The van der Waals surface area contributed by atoms with Crippen LogP contribution in [0.1, 0.15) is 49.9 Å². The summed E-state index contributed by atoms with van der Waals surface area (Å²) in [6, 6.07) is 65.2. The summed E-state index contributed by atoms with van der Waals surface area (Å²) in [4.78, 5) is 0. The summed E-state index contributed by atoms with van der Waals surface area (Å²) < 4.78 is 0. The minimum absolute atomic E-state index is 0.195. The van der Waals surface area contributed by atoms with Crippen LogP contribution in [0, 0.1) is 0 Å². The highest BCUT2D eigenvalue weighted by Gasteiger charge is 2.46. The molecule has 0 saturated heterocycles. The Balaban J connectivity index is 0.962. The van der Waals surface area contributed by atoms with Crippen molar-refractivity contribution < 1.29 is 0 Å². The van der Waals surface area contributed by atoms with Gasteiger partial charge in [0.1, 0.15) is 0 Å². The zero-order valence-electron chi connectivity index (χ0n) is 34.2. The smallest absolute Gasteiger partial charge is 0.0162 e. The van der Waals surface area contributed by atoms with E-state index in [2.05, 4.69) is 198 Å². The van der Waals surface area contributed by atoms with Crippen molar-refractivity contribution in [2.24, 2.45) is 0 Å². The van der Waals surface area contributed by atoms with Crippen molar-refractivity contribution in [3.8, 4) is 44.5 Å². The van der Waals surface area contributed by atoms with E-state index in [0.29, 0.717) is 0 Å². The number of benzene rings is 12. The van der Waals surface area contributed by atoms with E-state index in [0.717, 1.165) is 0 Å². The van der Waals surface area contributed by atoms with Crippen LogP contribution in [0.25, 0.3) is 120 Å². The molecule has 2 aliphatic rings. The second kappa shape index (κ2) is 11.0. The molecule has 12 aromatic rings. The van der Waals surface area contributed by atoms with Crippen LogP contribution in [0.4, 0.5) is 0 Å². The fraction of sp³-hybridized carbons (Fsp3) is 0.100. The van der Waals surface area contributed by atoms with Gasteiger partial charge in [-0.1, -0.05) is 185 Å². The topological polar surface area (TPSA) is 0 Å². The highest BCUT2D eigenvalue weighted by atomic mass is 14.5. The molecule has 0 fully saturated rings. The lowest BCUT2D eigenvalue weighted by atomic mass is 9.72. The van der Waals surface area contributed by atoms with Crippen LogP contribution in [0.15, 0.2) is 170 Å². The first kappa shape index (κ1) is 32.9. The van der Waals surface area contributed by atoms with E-state index in [1.54, 1.807) is 0 Å². The van der Waals surface area contributed by atoms with E-state index < -0.39 is 0 Å². The predicted octanol–water partition coefficient (Wildman–Crippen LogP) is 16.6. The highest BCUT2D eigenvalue weighted by molar-refractivity contribution is 6.27. The number of hydrogen-bond donors (Lipinski definition) is 0. The Bertz CT molecular complexity index is 3840. The van der Waals surface area contributed by atoms with Crippen LogP contribution in [0.3, 0.4) is 0 Å². The van der Waals surface area contributed by atoms with Gasteiger partial charge in [0.25, 0.3) is 0 Å². The Morgan fingerprint density at radius 1 is 0.283 bits per heavy atom. The third-order valence-corrected chi connectivity index (χ3v) is 15.1. The lowest BCUT2D eigenvalue weighted by Gasteiger charge is -2.31. The Morgan fingerprint density at radius 3 is 1.40 bits per heavy atom. The van der Waals surface area contributed by atoms with E-state index in [-0.39, 0.29) is 10.8 Å². The highest BCUT2D eigenvalue weighted by Crippen LogP contribution is 2.61. The van der Waals surface area contributed by atoms with Gasteiger partial charge in [0, 0.05) is 10.8 Å². The molecule has 14 rings (SSSR count). The fourth-order valence-electron chi connectivity index (χ4n) is 12.4. The molecule has 0 saturated carbocycles. The largest absolute Gasteiger partial charge is 0.0616 e. The first-order valence-electron chi connectivity index (χ1n) is 21.5. The molecule has 0 aromatic heterocycles. The molecule has 0 bridgehead atoms. The zero-order valence-corrected chi connectivity index (χ0v) is 34.2. The standard InChI is InChI=1S/C60H40/c1-59(2)50-31-39(40-24-19-37-17-15-33-9-7-11-35-21-27-45(40)54(37)52(33)35)23-26-43(50)47-29-30-48-56-44-14-6-5-13-41(44)49(32-51(56)60(3,4)58(48)57(47)59)42-25-20-38-18-16-34-10-8-12-36-22-28-46(42)55(38)53(34)36/h5-32H,1-4H3. The van der Waals surface area contributed by atoms with Gasteiger partial charge in [-0.15, -0.1) is 0 Å². The van der Waals surface area contributed by atoms with Crippen LogP contribution >= 0.6 is 0 Å². The van der Waals surface area contributed by atoms with Gasteiger partial charge in [0.15, 0.2) is 0 Å². The van der Waals surface area contributed by atoms with Crippen LogP contribution in [-0.4, -0.2) is 0 Å². The summed E-state index contributed by atoms with van der Waals surface area (Å²) in [6.07, 6.45) is 0. The lowest BCUT2D eigenvalue weighted by molar-refractivity contribution is 0.601. The Morgan fingerprint density at radius 2 is 0.750 bits per heavy atom. The molecule has 0 spiro atoms. The molecule has 0 aliphatic heterocycles. The maximum atomic E-state index is 2.57. The van der Waals surface area contributed by atoms with Crippen LogP contribution < -0.4 is 0 Å². The molecule has 0 N–H and O–H groups in total. The Hall–Kier alpha value is -7.02. The molecule has 0 heteroatoms. The van der Waals surface area contributed by atoms with Crippen molar-refractivity contribution in [1.29, 1.82) is 0 Å². The van der Waals surface area contributed by atoms with Crippen molar-refractivity contribution >= 4 is 75.4 Å². The van der Waals surface area contributed by atoms with Gasteiger partial charge in [0.05, 0.1) is 0 Å². The SMILES string of the molecule is CC1(C)c2cc(-c3ccc4ccc5cccc6ccc3c4c56)ccc2-c2ccc3c(c21)C(C)(C)c1cc(-c2ccc4ccc5cccc6ccc2c4c56)c2ccccc2c1-3. The van der Waals surface area contributed by atoms with E-state index in [9.17, 15) is 0 Å². The van der Waals surface area contributed by atoms with Crippen LogP contribution in [0.5, 0.6) is 0 Å². The van der Waals surface area contributed by atoms with Gasteiger partial charge in [0.2, 0.25) is 0 Å². The van der Waals surface area contributed by atoms with Crippen molar-refractivity contribution in [3.63, 3.8) is 0 Å². The first-order chi connectivity index (χ1) is 29.3. The minimum Gasteiger partial charge on any atom is -0.0616 e. The average molecular weight is 761 g/mol. The summed E-state index contributed by atoms with van der Waals surface area (Å²) in [5.74, 6) is 0. The molecule has 60 heavy (non-hydrogen) atoms. The lowest BCUT2D eigenvalue weighted by Crippen LogP contribution is -2.24. The molecule has 0 atom stereocenters. The monoisotopic (exact) mass is 760 g/mol. The van der Waals surface area contributed by atoms with E-state index in [1.807, 2.05) is 0 Å². The van der Waals surface area contributed by atoms with Gasteiger partial charge in [-0.05, 0) is 154 Å². The molecular weight excluding hydrogens is 721 g/mol. The number of hydrogen-bond acceptors (Lipinski definition) is 0. The average Bonchev–Trinajstić information content (AvgIpc) is 3.65. The number of rotatable bonds is 2. The maximum absolute atomic E-state index is 2.57. The number of fused-ring (bicyclic) bond motifs is 9. The molecule has 0 radical (unpaired) electrons. The Kier molecular flexibility index (Phi) is 6.01. The summed E-state index contributed by atoms with van der Waals surface area (Å²) in [7, 11) is 0. The normalized spacial score (nSPS) is 14.9. The molecule has 0 unspecified atom stereocenters. The molecule has 280 valence electrons. The van der Waals surface area contributed by atoms with Crippen LogP contribution in [-0.2, 0) is 10.8 Å². The fourth-order valence-corrected chi connectivity index (χ4v) is 12.4. The first-order valence-corrected chi connectivity index (χ1v) is 21.5. The van der Waals surface area contributed by atoms with Gasteiger partial charge in [-0.2, -0.15) is 0 Å². The quantitative estimate of drug-likeness (QED) is 0.154. The van der Waals surface area contributed by atoms with Crippen molar-refractivity contribution in [3.05, 3.63) is 192 Å². The second-order valence-electron chi connectivity index (χ2n) is 18.8. The van der Waals surface area contributed by atoms with Gasteiger partial charge < -0.3 is 0 Å². The van der Waals surface area contributed by atoms with Gasteiger partial charge >= 0.3 is 0 Å². The molecule has 0 heterocycles. The van der Waals surface area contributed by atoms with E-state index in [4.69, 9.17) is 0 Å². The zero-order chi connectivity index (χ0) is 39.8. The molecule has 0 nitrogen and oxygen atoms in total. The Labute approximate surface area is 349 Å². The minimum atomic E-state index is -0.215. The third-order valence-electron chi connectivity index (χ3n) is 15.1. The summed E-state index contributed by atoms with van der Waals surface area (Å²) >= 11 is 0. The summed E-state index contributed by atoms with van der Waals surface area (Å²) in [6.45, 7) is 9.91. The molecule has 0 amide bonds. The summed E-state index contributed by atoms with van der Waals surface area (Å²) in [5.41, 5.74) is 16.2. The molecular formula is C60H40. The second-order valence-corrected chi connectivity index (χ2v) is 18.8. The van der Waals surface area contributed by atoms with Crippen LogP contribution in [0.2, 0.25) is 0 Å². The van der Waals surface area contributed by atoms with Crippen molar-refractivity contribution in [2.75, 3.05) is 0 Å². The third kappa shape index (κ3) is 3.93. The molecule has 2 aliphatic carbocycles. The van der Waals surface area contributed by atoms with Gasteiger partial charge in [-0.25, -0.2) is 0 Å². The van der Waals surface area contributed by atoms with E-state index >= 15 is 0 Å². The van der Waals surface area contributed by atoms with E-state index in [1.165, 1.54) is 142 Å². The van der Waals surface area contributed by atoms with Crippen molar-refractivity contribution in [2.45, 2.75) is 38.5 Å². The summed E-state index contributed by atoms with van der Waals surface area (Å²) in [5, 5.41) is 18.6.